The molecule has 0 saturated carbocycles. The van der Waals surface area contributed by atoms with Crippen molar-refractivity contribution in [2.45, 2.75) is 70.2 Å². The van der Waals surface area contributed by atoms with Crippen LogP contribution in [0.4, 0.5) is 23.2 Å². The van der Waals surface area contributed by atoms with E-state index in [1.54, 1.807) is 30.0 Å². The molecule has 6 aliphatic rings. The third kappa shape index (κ3) is 6.33. The Labute approximate surface area is 325 Å². The standard InChI is InChI=1S/C41H40F4N6O6/c1-21-8-22-9-26(52)2-3-27(22)37(50(21)16-33(44)45)36-30(42)12-25(13-31(36)43)48-7-6-41(18-48)19-49(20-41)35(54)17-47-14-23-10-28-29(11-24(23)15-47)40(57)51(39(28)56)32-4-5-34(53)46-38(32)55/h2-3,9-13,21,32-33,37,52H,4-8,14-20H2,1H3,(H,46,53,55)/t21-,32?,37+/m1/s1. The molecule has 0 aromatic heterocycles. The number of rotatable bonds is 7. The Morgan fingerprint density at radius 3 is 2.23 bits per heavy atom. The van der Waals surface area contributed by atoms with Crippen LogP contribution in [0.15, 0.2) is 42.5 Å². The van der Waals surface area contributed by atoms with Crippen molar-refractivity contribution >= 4 is 35.2 Å². The highest BCUT2D eigenvalue weighted by Gasteiger charge is 2.50. The number of nitrogens with one attached hydrogen (secondary N) is 1. The number of phenolic OH excluding ortho intramolecular Hbond substituents is 1. The number of hydrogen-bond donors (Lipinski definition) is 2. The first-order valence-corrected chi connectivity index (χ1v) is 19.2. The topological polar surface area (TPSA) is 134 Å². The molecular formula is C41H40F4N6O6. The summed E-state index contributed by atoms with van der Waals surface area (Å²) in [5.41, 5.74) is 2.92. The smallest absolute Gasteiger partial charge is 0.262 e. The number of likely N-dealkylation sites (tertiary alicyclic amines) is 1. The number of imide groups is 2. The van der Waals surface area contributed by atoms with Gasteiger partial charge in [-0.05, 0) is 84.8 Å². The first kappa shape index (κ1) is 37.2. The number of amides is 5. The van der Waals surface area contributed by atoms with Crippen molar-refractivity contribution in [1.29, 1.82) is 0 Å². The van der Waals surface area contributed by atoms with Crippen molar-refractivity contribution in [3.05, 3.63) is 93.0 Å². The van der Waals surface area contributed by atoms with E-state index in [1.807, 2.05) is 9.80 Å². The lowest BCUT2D eigenvalue weighted by Crippen LogP contribution is -2.60. The fraction of sp³-hybridized carbons (Fsp3) is 0.439. The van der Waals surface area contributed by atoms with Crippen LogP contribution in [0.1, 0.15) is 80.8 Å². The van der Waals surface area contributed by atoms with Gasteiger partial charge in [-0.2, -0.15) is 0 Å². The van der Waals surface area contributed by atoms with Crippen LogP contribution in [-0.4, -0.2) is 112 Å². The predicted molar refractivity (Wildman–Crippen MR) is 195 cm³/mol. The van der Waals surface area contributed by atoms with E-state index in [1.165, 1.54) is 29.2 Å². The first-order valence-electron chi connectivity index (χ1n) is 19.2. The van der Waals surface area contributed by atoms with Crippen molar-refractivity contribution in [3.8, 4) is 5.75 Å². The molecule has 3 atom stereocenters. The summed E-state index contributed by atoms with van der Waals surface area (Å²) in [6, 6.07) is 7.67. The summed E-state index contributed by atoms with van der Waals surface area (Å²) < 4.78 is 59.7. The van der Waals surface area contributed by atoms with Crippen LogP contribution in [0.2, 0.25) is 0 Å². The molecule has 9 rings (SSSR count). The zero-order chi connectivity index (χ0) is 40.1. The Hall–Kier alpha value is -5.35. The Bertz CT molecular complexity index is 2200. The number of hydrogen-bond acceptors (Lipinski definition) is 9. The Balaban J connectivity index is 0.833. The third-order valence-electron chi connectivity index (χ3n) is 12.6. The molecule has 6 heterocycles. The fourth-order valence-electron chi connectivity index (χ4n) is 9.88. The molecule has 1 unspecified atom stereocenters. The van der Waals surface area contributed by atoms with Crippen LogP contribution in [0, 0.1) is 17.0 Å². The minimum absolute atomic E-state index is 0.0118. The molecule has 6 aliphatic heterocycles. The average molecular weight is 789 g/mol. The summed E-state index contributed by atoms with van der Waals surface area (Å²) in [6.45, 7) is 3.91. The molecule has 298 valence electrons. The number of carbonyl (C=O) groups is 5. The van der Waals surface area contributed by atoms with Gasteiger partial charge in [-0.3, -0.25) is 44.0 Å². The molecule has 3 aromatic carbocycles. The molecule has 12 nitrogen and oxygen atoms in total. The number of nitrogens with zero attached hydrogens (tertiary/aromatic N) is 5. The van der Waals surface area contributed by atoms with E-state index in [9.17, 15) is 37.9 Å². The summed E-state index contributed by atoms with van der Waals surface area (Å²) >= 11 is 0. The Morgan fingerprint density at radius 1 is 0.930 bits per heavy atom. The van der Waals surface area contributed by atoms with E-state index < -0.39 is 66.4 Å². The largest absolute Gasteiger partial charge is 0.508 e. The first-order chi connectivity index (χ1) is 27.2. The zero-order valence-corrected chi connectivity index (χ0v) is 31.1. The second-order valence-corrected chi connectivity index (χ2v) is 16.4. The van der Waals surface area contributed by atoms with Gasteiger partial charge in [-0.1, -0.05) is 6.07 Å². The number of aromatic hydroxyl groups is 1. The van der Waals surface area contributed by atoms with E-state index in [4.69, 9.17) is 0 Å². The third-order valence-corrected chi connectivity index (χ3v) is 12.6. The van der Waals surface area contributed by atoms with Gasteiger partial charge >= 0.3 is 0 Å². The van der Waals surface area contributed by atoms with E-state index in [0.717, 1.165) is 16.0 Å². The van der Waals surface area contributed by atoms with Gasteiger partial charge in [-0.15, -0.1) is 0 Å². The minimum atomic E-state index is -2.72. The van der Waals surface area contributed by atoms with Gasteiger partial charge in [0.2, 0.25) is 17.7 Å². The number of benzene rings is 3. The van der Waals surface area contributed by atoms with Gasteiger partial charge in [0.15, 0.2) is 0 Å². The second-order valence-electron chi connectivity index (χ2n) is 16.4. The van der Waals surface area contributed by atoms with Gasteiger partial charge in [0.05, 0.1) is 30.3 Å². The van der Waals surface area contributed by atoms with Crippen molar-refractivity contribution < 1.29 is 46.6 Å². The van der Waals surface area contributed by atoms with Crippen molar-refractivity contribution in [3.63, 3.8) is 0 Å². The molecular weight excluding hydrogens is 748 g/mol. The second kappa shape index (κ2) is 13.6. The summed E-state index contributed by atoms with van der Waals surface area (Å²) in [6.07, 6.45) is -1.57. The van der Waals surface area contributed by atoms with Crippen molar-refractivity contribution in [1.82, 2.24) is 24.9 Å². The highest BCUT2D eigenvalue weighted by molar-refractivity contribution is 6.23. The molecule has 0 radical (unpaired) electrons. The molecule has 3 aromatic rings. The van der Waals surface area contributed by atoms with Gasteiger partial charge in [0.1, 0.15) is 23.4 Å². The summed E-state index contributed by atoms with van der Waals surface area (Å²) in [7, 11) is 0. The number of piperidine rings is 1. The fourth-order valence-corrected chi connectivity index (χ4v) is 9.88. The van der Waals surface area contributed by atoms with E-state index in [0.29, 0.717) is 68.9 Å². The maximum absolute atomic E-state index is 16.1. The summed E-state index contributed by atoms with van der Waals surface area (Å²) in [4.78, 5) is 72.0. The van der Waals surface area contributed by atoms with Gasteiger partial charge in [-0.25, -0.2) is 17.6 Å². The molecule has 0 bridgehead atoms. The normalized spacial score (nSPS) is 24.3. The van der Waals surface area contributed by atoms with Gasteiger partial charge < -0.3 is 14.9 Å². The lowest BCUT2D eigenvalue weighted by molar-refractivity contribution is -0.143. The van der Waals surface area contributed by atoms with Crippen LogP contribution in [-0.2, 0) is 33.9 Å². The van der Waals surface area contributed by atoms with Crippen LogP contribution in [0.5, 0.6) is 5.75 Å². The van der Waals surface area contributed by atoms with Crippen LogP contribution >= 0.6 is 0 Å². The lowest BCUT2D eigenvalue weighted by Gasteiger charge is -2.48. The summed E-state index contributed by atoms with van der Waals surface area (Å²) in [5, 5.41) is 12.3. The zero-order valence-electron chi connectivity index (χ0n) is 31.1. The number of phenols is 1. The van der Waals surface area contributed by atoms with Crippen molar-refractivity contribution in [2.75, 3.05) is 44.2 Å². The van der Waals surface area contributed by atoms with Crippen molar-refractivity contribution in [2.24, 2.45) is 5.41 Å². The lowest BCUT2D eigenvalue weighted by atomic mass is 9.79. The molecule has 3 saturated heterocycles. The monoisotopic (exact) mass is 788 g/mol. The van der Waals surface area contributed by atoms with E-state index in [-0.39, 0.29) is 53.1 Å². The SMILES string of the molecule is C[C@@H]1Cc2cc(O)ccc2[C@@H](c2c(F)cc(N3CCC4(CN(C(=O)CN5Cc6cc7c(cc6C5)C(=O)N(C5CCC(=O)NC5=O)C7=O)C4)C3)cc2F)N1CC(F)F. The van der Waals surface area contributed by atoms with Crippen LogP contribution in [0.3, 0.4) is 0 Å². The Kier molecular flexibility index (Phi) is 8.92. The number of carbonyl (C=O) groups excluding carboxylic acids is 5. The predicted octanol–water partition coefficient (Wildman–Crippen LogP) is 3.73. The van der Waals surface area contributed by atoms with E-state index in [2.05, 4.69) is 5.32 Å². The van der Waals surface area contributed by atoms with Crippen LogP contribution < -0.4 is 10.2 Å². The molecule has 2 N–H and O–H groups in total. The molecule has 1 spiro atoms. The number of anilines is 1. The number of alkyl halides is 2. The number of fused-ring (bicyclic) bond motifs is 3. The Morgan fingerprint density at radius 2 is 1.60 bits per heavy atom. The van der Waals surface area contributed by atoms with E-state index >= 15 is 8.78 Å². The molecule has 3 fully saturated rings. The van der Waals surface area contributed by atoms with Crippen LogP contribution in [0.25, 0.3) is 0 Å². The average Bonchev–Trinajstić information content (AvgIpc) is 3.82. The molecule has 5 amide bonds. The highest BCUT2D eigenvalue weighted by atomic mass is 19.3. The maximum Gasteiger partial charge on any atom is 0.262 e. The quantitative estimate of drug-likeness (QED) is 0.272. The minimum Gasteiger partial charge on any atom is -0.508 e. The molecule has 0 aliphatic carbocycles. The molecule has 57 heavy (non-hydrogen) atoms. The van der Waals surface area contributed by atoms with Gasteiger partial charge in [0.25, 0.3) is 18.2 Å². The highest BCUT2D eigenvalue weighted by Crippen LogP contribution is 2.45. The van der Waals surface area contributed by atoms with Gasteiger partial charge in [0, 0.05) is 68.4 Å². The molecule has 16 heteroatoms. The number of halogens is 4. The summed E-state index contributed by atoms with van der Waals surface area (Å²) in [5.74, 6) is -4.05. The maximum atomic E-state index is 16.1.